The van der Waals surface area contributed by atoms with Crippen molar-refractivity contribution in [2.24, 2.45) is 5.92 Å². The van der Waals surface area contributed by atoms with Gasteiger partial charge in [-0.25, -0.2) is 4.79 Å². The van der Waals surface area contributed by atoms with E-state index in [4.69, 9.17) is 9.47 Å². The van der Waals surface area contributed by atoms with E-state index < -0.39 is 35.8 Å². The first-order valence-electron chi connectivity index (χ1n) is 10.2. The van der Waals surface area contributed by atoms with Gasteiger partial charge >= 0.3 is 6.09 Å². The maximum Gasteiger partial charge on any atom is 0.408 e. The molecule has 7 nitrogen and oxygen atoms in total. The maximum absolute atomic E-state index is 13.1. The average Bonchev–Trinajstić information content (AvgIpc) is 3.48. The minimum atomic E-state index is -0.919. The Bertz CT molecular complexity index is 765. The molecule has 2 rings (SSSR count). The lowest BCUT2D eigenvalue weighted by Gasteiger charge is -2.26. The molecule has 0 bridgehead atoms. The predicted octanol–water partition coefficient (Wildman–Crippen LogP) is 2.79. The molecular formula is C23H32N2O5. The quantitative estimate of drug-likeness (QED) is 0.477. The van der Waals surface area contributed by atoms with Gasteiger partial charge in [0.25, 0.3) is 0 Å². The zero-order chi connectivity index (χ0) is 22.5. The number of epoxide rings is 1. The molecule has 2 amide bonds. The summed E-state index contributed by atoms with van der Waals surface area (Å²) in [5.74, 6) is -0.715. The van der Waals surface area contributed by atoms with Crippen LogP contribution in [-0.2, 0) is 25.5 Å². The van der Waals surface area contributed by atoms with Crippen LogP contribution >= 0.6 is 0 Å². The SMILES string of the molecule is C=C(C(C)C)[C@H](NC(=O)C(Cc1ccccc1)NC(=O)OC(C)(C)C)C(=O)[C@H]1CO1. The van der Waals surface area contributed by atoms with Crippen LogP contribution in [0, 0.1) is 5.92 Å². The summed E-state index contributed by atoms with van der Waals surface area (Å²) in [7, 11) is 0. The number of carbonyl (C=O) groups excluding carboxylic acids is 3. The number of Topliss-reactive ketones (excluding diaryl/α,β-unsaturated/α-hetero) is 1. The molecule has 0 aliphatic carbocycles. The van der Waals surface area contributed by atoms with Crippen molar-refractivity contribution in [2.75, 3.05) is 6.61 Å². The Morgan fingerprint density at radius 2 is 1.77 bits per heavy atom. The van der Waals surface area contributed by atoms with Gasteiger partial charge in [-0.3, -0.25) is 9.59 Å². The zero-order valence-electron chi connectivity index (χ0n) is 18.4. The van der Waals surface area contributed by atoms with E-state index in [1.807, 2.05) is 44.2 Å². The number of ether oxygens (including phenoxy) is 2. The minimum absolute atomic E-state index is 0.00983. The summed E-state index contributed by atoms with van der Waals surface area (Å²) in [6.45, 7) is 13.4. The highest BCUT2D eigenvalue weighted by atomic mass is 16.6. The third-order valence-electron chi connectivity index (χ3n) is 4.62. The van der Waals surface area contributed by atoms with Crippen LogP contribution < -0.4 is 10.6 Å². The normalized spacial score (nSPS) is 17.6. The largest absolute Gasteiger partial charge is 0.444 e. The molecule has 0 saturated carbocycles. The van der Waals surface area contributed by atoms with E-state index in [-0.39, 0.29) is 18.1 Å². The number of nitrogens with one attached hydrogen (secondary N) is 2. The Kier molecular flexibility index (Phi) is 7.78. The predicted molar refractivity (Wildman–Crippen MR) is 114 cm³/mol. The molecule has 1 heterocycles. The molecule has 2 N–H and O–H groups in total. The Morgan fingerprint density at radius 3 is 2.27 bits per heavy atom. The second-order valence-corrected chi connectivity index (χ2v) is 8.78. The summed E-state index contributed by atoms with van der Waals surface area (Å²) >= 11 is 0. The smallest absolute Gasteiger partial charge is 0.408 e. The van der Waals surface area contributed by atoms with Crippen LogP contribution in [0.25, 0.3) is 0 Å². The molecule has 1 aromatic carbocycles. The highest BCUT2D eigenvalue weighted by Crippen LogP contribution is 2.20. The fourth-order valence-electron chi connectivity index (χ4n) is 2.83. The first kappa shape index (κ1) is 23.6. The monoisotopic (exact) mass is 416 g/mol. The zero-order valence-corrected chi connectivity index (χ0v) is 18.4. The van der Waals surface area contributed by atoms with Crippen molar-refractivity contribution in [3.8, 4) is 0 Å². The van der Waals surface area contributed by atoms with Gasteiger partial charge in [-0.2, -0.15) is 0 Å². The van der Waals surface area contributed by atoms with Crippen LogP contribution in [0.15, 0.2) is 42.5 Å². The first-order chi connectivity index (χ1) is 14.0. The minimum Gasteiger partial charge on any atom is -0.444 e. The summed E-state index contributed by atoms with van der Waals surface area (Å²) in [4.78, 5) is 38.1. The molecule has 7 heteroatoms. The number of hydrogen-bond donors (Lipinski definition) is 2. The van der Waals surface area contributed by atoms with Crippen LogP contribution in [0.1, 0.15) is 40.2 Å². The van der Waals surface area contributed by atoms with E-state index in [1.165, 1.54) is 0 Å². The molecule has 1 aliphatic heterocycles. The summed E-state index contributed by atoms with van der Waals surface area (Å²) in [6, 6.07) is 7.53. The van der Waals surface area contributed by atoms with Gasteiger partial charge in [0.05, 0.1) is 6.61 Å². The molecule has 3 atom stereocenters. The molecule has 1 saturated heterocycles. The summed E-state index contributed by atoms with van der Waals surface area (Å²) in [5.41, 5.74) is 0.760. The first-order valence-corrected chi connectivity index (χ1v) is 10.2. The molecule has 1 fully saturated rings. The number of hydrogen-bond acceptors (Lipinski definition) is 5. The summed E-state index contributed by atoms with van der Waals surface area (Å²) < 4.78 is 10.4. The van der Waals surface area contributed by atoms with Gasteiger partial charge in [0, 0.05) is 6.42 Å². The van der Waals surface area contributed by atoms with E-state index >= 15 is 0 Å². The van der Waals surface area contributed by atoms with E-state index in [2.05, 4.69) is 17.2 Å². The van der Waals surface area contributed by atoms with Gasteiger partial charge in [0.15, 0.2) is 5.78 Å². The van der Waals surface area contributed by atoms with E-state index in [0.29, 0.717) is 12.2 Å². The van der Waals surface area contributed by atoms with Gasteiger partial charge < -0.3 is 20.1 Å². The Labute approximate surface area is 178 Å². The van der Waals surface area contributed by atoms with Gasteiger partial charge in [-0.05, 0) is 37.8 Å². The van der Waals surface area contributed by atoms with Gasteiger partial charge in [-0.15, -0.1) is 0 Å². The van der Waals surface area contributed by atoms with Crippen LogP contribution in [0.2, 0.25) is 0 Å². The van der Waals surface area contributed by atoms with Gasteiger partial charge in [-0.1, -0.05) is 50.8 Å². The molecule has 164 valence electrons. The molecule has 1 aromatic rings. The van der Waals surface area contributed by atoms with Crippen molar-refractivity contribution in [1.82, 2.24) is 10.6 Å². The second kappa shape index (κ2) is 9.89. The average molecular weight is 417 g/mol. The van der Waals surface area contributed by atoms with Gasteiger partial charge in [0.2, 0.25) is 5.91 Å². The molecule has 1 unspecified atom stereocenters. The standard InChI is InChI=1S/C23H32N2O5/c1-14(2)15(3)19(20(26)18-13-29-18)25-21(27)17(12-16-10-8-7-9-11-16)24-22(28)30-23(4,5)6/h7-11,14,17-19H,3,12-13H2,1-2,4-6H3,(H,24,28)(H,25,27)/t17?,18-,19+/m1/s1. The third kappa shape index (κ3) is 7.30. The fourth-order valence-corrected chi connectivity index (χ4v) is 2.83. The van der Waals surface area contributed by atoms with Crippen LogP contribution in [-0.4, -0.2) is 48.2 Å². The Hall–Kier alpha value is -2.67. The molecular weight excluding hydrogens is 384 g/mol. The number of ketones is 1. The van der Waals surface area contributed by atoms with E-state index in [1.54, 1.807) is 20.8 Å². The molecule has 1 aliphatic rings. The third-order valence-corrected chi connectivity index (χ3v) is 4.62. The molecule has 0 spiro atoms. The molecule has 30 heavy (non-hydrogen) atoms. The second-order valence-electron chi connectivity index (χ2n) is 8.78. The van der Waals surface area contributed by atoms with Crippen molar-refractivity contribution < 1.29 is 23.9 Å². The van der Waals surface area contributed by atoms with Crippen molar-refractivity contribution >= 4 is 17.8 Å². The molecule has 0 radical (unpaired) electrons. The lowest BCUT2D eigenvalue weighted by molar-refractivity contribution is -0.128. The van der Waals surface area contributed by atoms with Crippen molar-refractivity contribution in [1.29, 1.82) is 0 Å². The summed E-state index contributed by atoms with van der Waals surface area (Å²) in [5, 5.41) is 5.40. The summed E-state index contributed by atoms with van der Waals surface area (Å²) in [6.07, 6.45) is -0.965. The number of amides is 2. The topological polar surface area (TPSA) is 97.0 Å². The van der Waals surface area contributed by atoms with E-state index in [9.17, 15) is 14.4 Å². The highest BCUT2D eigenvalue weighted by Gasteiger charge is 2.39. The van der Waals surface area contributed by atoms with Crippen molar-refractivity contribution in [3.63, 3.8) is 0 Å². The van der Waals surface area contributed by atoms with Crippen molar-refractivity contribution in [2.45, 2.75) is 64.8 Å². The van der Waals surface area contributed by atoms with Gasteiger partial charge in [0.1, 0.15) is 23.8 Å². The lowest BCUT2D eigenvalue weighted by Crippen LogP contribution is -2.54. The number of alkyl carbamates (subject to hydrolysis) is 1. The van der Waals surface area contributed by atoms with Crippen LogP contribution in [0.3, 0.4) is 0 Å². The highest BCUT2D eigenvalue weighted by molar-refractivity contribution is 5.97. The molecule has 0 aromatic heterocycles. The van der Waals surface area contributed by atoms with Crippen LogP contribution in [0.5, 0.6) is 0 Å². The Balaban J connectivity index is 2.19. The number of benzene rings is 1. The Morgan fingerprint density at radius 1 is 1.17 bits per heavy atom. The van der Waals surface area contributed by atoms with Crippen LogP contribution in [0.4, 0.5) is 4.79 Å². The maximum atomic E-state index is 13.1. The number of carbonyl (C=O) groups is 3. The van der Waals surface area contributed by atoms with Crippen molar-refractivity contribution in [3.05, 3.63) is 48.0 Å². The van der Waals surface area contributed by atoms with E-state index in [0.717, 1.165) is 5.56 Å². The number of rotatable bonds is 9. The lowest BCUT2D eigenvalue weighted by atomic mass is 9.92. The fraction of sp³-hybridized carbons (Fsp3) is 0.522.